The third kappa shape index (κ3) is 2.87. The van der Waals surface area contributed by atoms with Gasteiger partial charge in [-0.3, -0.25) is 9.69 Å². The lowest BCUT2D eigenvalue weighted by atomic mass is 9.79. The Morgan fingerprint density at radius 3 is 2.73 bits per heavy atom. The predicted molar refractivity (Wildman–Crippen MR) is 98.5 cm³/mol. The van der Waals surface area contributed by atoms with E-state index >= 15 is 0 Å². The lowest BCUT2D eigenvalue weighted by Gasteiger charge is -2.46. The molecular formula is C18H27N3O4S. The lowest BCUT2D eigenvalue weighted by Crippen LogP contribution is -2.63. The van der Waals surface area contributed by atoms with Crippen LogP contribution in [0.2, 0.25) is 0 Å². The molecule has 1 unspecified atom stereocenters. The number of fused-ring (bicyclic) bond motifs is 1. The van der Waals surface area contributed by atoms with Crippen molar-refractivity contribution in [3.05, 3.63) is 10.6 Å². The Bertz CT molecular complexity index is 640. The highest BCUT2D eigenvalue weighted by atomic mass is 32.2. The molecule has 0 radical (unpaired) electrons. The van der Waals surface area contributed by atoms with Crippen molar-refractivity contribution < 1.29 is 19.8 Å². The minimum Gasteiger partial charge on any atom is -0.477 e. The first-order valence-electron chi connectivity index (χ1n) is 9.49. The first-order chi connectivity index (χ1) is 12.4. The summed E-state index contributed by atoms with van der Waals surface area (Å²) >= 11 is 1.62. The number of hydrogen-bond donors (Lipinski definition) is 3. The summed E-state index contributed by atoms with van der Waals surface area (Å²) in [6, 6.07) is 0.376. The van der Waals surface area contributed by atoms with Gasteiger partial charge in [0.05, 0.1) is 18.1 Å². The van der Waals surface area contributed by atoms with E-state index in [1.165, 1.54) is 17.7 Å². The van der Waals surface area contributed by atoms with Crippen LogP contribution in [0.5, 0.6) is 0 Å². The van der Waals surface area contributed by atoms with Crippen molar-refractivity contribution in [3.63, 3.8) is 0 Å². The largest absolute Gasteiger partial charge is 0.477 e. The van der Waals surface area contributed by atoms with Crippen molar-refractivity contribution in [2.75, 3.05) is 26.2 Å². The van der Waals surface area contributed by atoms with Crippen LogP contribution in [0.3, 0.4) is 0 Å². The van der Waals surface area contributed by atoms with E-state index in [4.69, 9.17) is 0 Å². The summed E-state index contributed by atoms with van der Waals surface area (Å²) in [6.07, 6.45) is 1.74. The molecular weight excluding hydrogens is 354 g/mol. The minimum absolute atomic E-state index is 0.0334. The average Bonchev–Trinajstić information content (AvgIpc) is 3.11. The lowest BCUT2D eigenvalue weighted by molar-refractivity contribution is -0.163. The topological polar surface area (TPSA) is 93.1 Å². The molecule has 3 fully saturated rings. The van der Waals surface area contributed by atoms with Gasteiger partial charge in [-0.05, 0) is 26.3 Å². The maximum absolute atomic E-state index is 12.3. The summed E-state index contributed by atoms with van der Waals surface area (Å²) in [4.78, 5) is 28.8. The highest BCUT2D eigenvalue weighted by Gasteiger charge is 2.60. The second-order valence-corrected chi connectivity index (χ2v) is 9.37. The molecule has 4 aliphatic rings. The summed E-state index contributed by atoms with van der Waals surface area (Å²) in [7, 11) is 0. The molecule has 4 rings (SSSR count). The highest BCUT2D eigenvalue weighted by Crippen LogP contribution is 2.51. The Kier molecular flexibility index (Phi) is 4.79. The van der Waals surface area contributed by atoms with Crippen molar-refractivity contribution in [1.82, 2.24) is 15.1 Å². The number of thioether (sulfide) groups is 1. The smallest absolute Gasteiger partial charge is 0.353 e. The van der Waals surface area contributed by atoms with Gasteiger partial charge in [0.1, 0.15) is 5.70 Å². The summed E-state index contributed by atoms with van der Waals surface area (Å²) in [6.45, 7) is 7.69. The van der Waals surface area contributed by atoms with Crippen LogP contribution in [0.1, 0.15) is 26.7 Å². The number of carboxylic acids is 1. The van der Waals surface area contributed by atoms with Crippen LogP contribution in [0.15, 0.2) is 10.6 Å². The van der Waals surface area contributed by atoms with Gasteiger partial charge in [-0.2, -0.15) is 0 Å². The molecule has 0 aliphatic carbocycles. The number of carbonyl (C=O) groups is 2. The van der Waals surface area contributed by atoms with E-state index in [1.807, 2.05) is 6.92 Å². The van der Waals surface area contributed by atoms with Gasteiger partial charge in [-0.1, -0.05) is 6.92 Å². The number of nitrogens with zero attached hydrogens (tertiary/aromatic N) is 2. The first kappa shape index (κ1) is 18.3. The Hall–Kier alpha value is -1.09. The molecule has 0 aromatic carbocycles. The summed E-state index contributed by atoms with van der Waals surface area (Å²) < 4.78 is 0. The number of β-lactam (4-membered cyclic amide) rings is 1. The van der Waals surface area contributed by atoms with Gasteiger partial charge in [-0.15, -0.1) is 11.8 Å². The molecule has 144 valence electrons. The number of rotatable bonds is 6. The van der Waals surface area contributed by atoms with E-state index in [1.54, 1.807) is 18.7 Å². The maximum atomic E-state index is 12.3. The van der Waals surface area contributed by atoms with Crippen molar-refractivity contribution in [2.45, 2.75) is 50.1 Å². The summed E-state index contributed by atoms with van der Waals surface area (Å²) in [5.41, 5.74) is 0.144. The third-order valence-corrected chi connectivity index (χ3v) is 7.62. The van der Waals surface area contributed by atoms with E-state index in [9.17, 15) is 19.8 Å². The molecule has 5 atom stereocenters. The third-order valence-electron chi connectivity index (χ3n) is 6.17. The predicted octanol–water partition coefficient (Wildman–Crippen LogP) is 0.310. The fraction of sp³-hybridized carbons (Fsp3) is 0.778. The van der Waals surface area contributed by atoms with Crippen LogP contribution >= 0.6 is 11.8 Å². The van der Waals surface area contributed by atoms with Crippen LogP contribution < -0.4 is 5.32 Å². The second-order valence-electron chi connectivity index (χ2n) is 8.02. The van der Waals surface area contributed by atoms with Crippen LogP contribution in [0.4, 0.5) is 0 Å². The molecule has 3 saturated heterocycles. The van der Waals surface area contributed by atoms with Crippen molar-refractivity contribution in [1.29, 1.82) is 0 Å². The van der Waals surface area contributed by atoms with Gasteiger partial charge < -0.3 is 20.4 Å². The number of nitrogens with one attached hydrogen (secondary N) is 1. The van der Waals surface area contributed by atoms with Crippen LogP contribution in [0.25, 0.3) is 0 Å². The number of aliphatic carboxylic acids is 1. The monoisotopic (exact) mass is 381 g/mol. The number of amides is 1. The molecule has 0 bridgehead atoms. The molecule has 26 heavy (non-hydrogen) atoms. The Labute approximate surface area is 157 Å². The molecule has 8 heteroatoms. The SMILES string of the molecule is C[C@@H](O)[C@H]1C(=O)N2C(C(=O)O)=C(SC3CN(CC4CCCN4)C3)[C@H](C)[C@H]12. The second kappa shape index (κ2) is 6.82. The van der Waals surface area contributed by atoms with E-state index in [2.05, 4.69) is 10.2 Å². The summed E-state index contributed by atoms with van der Waals surface area (Å²) in [5.74, 6) is -1.81. The molecule has 0 saturated carbocycles. The van der Waals surface area contributed by atoms with E-state index in [0.717, 1.165) is 31.1 Å². The molecule has 0 aromatic rings. The fourth-order valence-electron chi connectivity index (χ4n) is 4.83. The zero-order valence-electron chi connectivity index (χ0n) is 15.2. The van der Waals surface area contributed by atoms with Gasteiger partial charge in [0.2, 0.25) is 5.91 Å². The quantitative estimate of drug-likeness (QED) is 0.570. The molecule has 4 aliphatic heterocycles. The van der Waals surface area contributed by atoms with Gasteiger partial charge in [0, 0.05) is 41.7 Å². The Morgan fingerprint density at radius 2 is 2.15 bits per heavy atom. The standard InChI is InChI=1S/C18H27N3O4S/c1-9-14-13(10(2)22)17(23)21(14)15(18(24)25)16(9)26-12-7-20(8-12)6-11-4-3-5-19-11/h9-14,19,22H,3-8H2,1-2H3,(H,24,25)/t9-,10-,11?,13-,14-/m1/s1. The number of aliphatic hydroxyl groups excluding tert-OH is 1. The first-order valence-corrected chi connectivity index (χ1v) is 10.4. The number of likely N-dealkylation sites (tertiary alicyclic amines) is 1. The zero-order valence-corrected chi connectivity index (χ0v) is 16.0. The molecule has 0 aromatic heterocycles. The minimum atomic E-state index is -1.04. The van der Waals surface area contributed by atoms with Crippen LogP contribution in [-0.2, 0) is 9.59 Å². The van der Waals surface area contributed by atoms with E-state index < -0.39 is 18.0 Å². The zero-order chi connectivity index (χ0) is 18.6. The Balaban J connectivity index is 1.41. The van der Waals surface area contributed by atoms with Crippen molar-refractivity contribution in [2.24, 2.45) is 11.8 Å². The normalized spacial score (nSPS) is 36.1. The van der Waals surface area contributed by atoms with Gasteiger partial charge >= 0.3 is 5.97 Å². The molecule has 0 spiro atoms. The fourth-order valence-corrected chi connectivity index (χ4v) is 6.41. The van der Waals surface area contributed by atoms with Crippen molar-refractivity contribution in [3.8, 4) is 0 Å². The molecule has 1 amide bonds. The summed E-state index contributed by atoms with van der Waals surface area (Å²) in [5, 5.41) is 23.4. The Morgan fingerprint density at radius 1 is 1.42 bits per heavy atom. The molecule has 7 nitrogen and oxygen atoms in total. The van der Waals surface area contributed by atoms with E-state index in [-0.39, 0.29) is 23.6 Å². The van der Waals surface area contributed by atoms with Gasteiger partial charge in [0.15, 0.2) is 0 Å². The highest BCUT2D eigenvalue weighted by molar-refractivity contribution is 8.03. The van der Waals surface area contributed by atoms with Gasteiger partial charge in [0.25, 0.3) is 0 Å². The van der Waals surface area contributed by atoms with Gasteiger partial charge in [-0.25, -0.2) is 4.79 Å². The molecule has 3 N–H and O–H groups in total. The van der Waals surface area contributed by atoms with Crippen LogP contribution in [0, 0.1) is 11.8 Å². The van der Waals surface area contributed by atoms with Crippen molar-refractivity contribution >= 4 is 23.6 Å². The van der Waals surface area contributed by atoms with E-state index in [0.29, 0.717) is 11.3 Å². The number of carbonyl (C=O) groups excluding carboxylic acids is 1. The number of hydrogen-bond acceptors (Lipinski definition) is 6. The maximum Gasteiger partial charge on any atom is 0.353 e. The van der Waals surface area contributed by atoms with Crippen LogP contribution in [-0.4, -0.2) is 81.5 Å². The number of carboxylic acid groups (broad SMARTS) is 1. The average molecular weight is 381 g/mol. The molecule has 4 heterocycles. The number of aliphatic hydroxyl groups is 1.